The fourth-order valence-corrected chi connectivity index (χ4v) is 4.56. The number of hydrogen-bond acceptors (Lipinski definition) is 4. The summed E-state index contributed by atoms with van der Waals surface area (Å²) in [5.74, 6) is -0.914. The molecule has 3 amide bonds. The lowest BCUT2D eigenvalue weighted by atomic mass is 9.92. The second kappa shape index (κ2) is 8.94. The molecule has 1 fully saturated rings. The molecule has 0 spiro atoms. The van der Waals surface area contributed by atoms with E-state index in [0.717, 1.165) is 31.2 Å². The van der Waals surface area contributed by atoms with Crippen molar-refractivity contribution in [2.45, 2.75) is 63.7 Å². The molecule has 1 atom stereocenters. The highest BCUT2D eigenvalue weighted by atomic mass is 35.5. The largest absolute Gasteiger partial charge is 0.351 e. The van der Waals surface area contributed by atoms with Crippen LogP contribution in [0.2, 0.25) is 5.02 Å². The summed E-state index contributed by atoms with van der Waals surface area (Å²) >= 11 is 5.99. The van der Waals surface area contributed by atoms with Crippen LogP contribution in [0.25, 0.3) is 0 Å². The van der Waals surface area contributed by atoms with Crippen molar-refractivity contribution < 1.29 is 14.4 Å². The average molecular weight is 458 g/mol. The van der Waals surface area contributed by atoms with Gasteiger partial charge in [-0.3, -0.25) is 19.1 Å². The number of nitrogens with zero attached hydrogens (tertiary/aromatic N) is 3. The lowest BCUT2D eigenvalue weighted by Crippen LogP contribution is -2.63. The molecule has 0 saturated heterocycles. The number of carbonyl (C=O) groups is 3. The van der Waals surface area contributed by atoms with Gasteiger partial charge in [-0.2, -0.15) is 5.10 Å². The maximum atomic E-state index is 13.1. The molecule has 1 aromatic heterocycles. The van der Waals surface area contributed by atoms with E-state index < -0.39 is 11.4 Å². The van der Waals surface area contributed by atoms with Gasteiger partial charge in [0.25, 0.3) is 11.8 Å². The maximum Gasteiger partial charge on any atom is 0.272 e. The minimum atomic E-state index is -1.08. The monoisotopic (exact) mass is 457 g/mol. The van der Waals surface area contributed by atoms with Crippen LogP contribution in [0, 0.1) is 0 Å². The number of benzene rings is 1. The van der Waals surface area contributed by atoms with Crippen LogP contribution < -0.4 is 10.6 Å². The van der Waals surface area contributed by atoms with E-state index in [9.17, 15) is 14.4 Å². The molecule has 1 saturated carbocycles. The molecule has 0 bridgehead atoms. The van der Waals surface area contributed by atoms with Crippen LogP contribution in [0.3, 0.4) is 0 Å². The first-order valence-corrected chi connectivity index (χ1v) is 11.4. The van der Waals surface area contributed by atoms with Gasteiger partial charge in [-0.05, 0) is 37.5 Å². The van der Waals surface area contributed by atoms with Crippen molar-refractivity contribution in [2.75, 3.05) is 7.05 Å². The van der Waals surface area contributed by atoms with Crippen LogP contribution in [0.1, 0.15) is 65.6 Å². The third kappa shape index (κ3) is 4.37. The lowest BCUT2D eigenvalue weighted by molar-refractivity contribution is -0.133. The van der Waals surface area contributed by atoms with Crippen molar-refractivity contribution >= 4 is 29.3 Å². The van der Waals surface area contributed by atoms with Crippen molar-refractivity contribution in [3.63, 3.8) is 0 Å². The number of amides is 3. The van der Waals surface area contributed by atoms with Crippen molar-refractivity contribution in [2.24, 2.45) is 0 Å². The Morgan fingerprint density at radius 2 is 1.97 bits per heavy atom. The molecule has 1 aromatic carbocycles. The molecule has 4 rings (SSSR count). The van der Waals surface area contributed by atoms with E-state index in [1.807, 2.05) is 12.1 Å². The number of hydrogen-bond donors (Lipinski definition) is 2. The number of halogens is 1. The first-order chi connectivity index (χ1) is 15.3. The Kier molecular flexibility index (Phi) is 6.24. The van der Waals surface area contributed by atoms with Gasteiger partial charge in [0.15, 0.2) is 5.69 Å². The topological polar surface area (TPSA) is 96.3 Å². The van der Waals surface area contributed by atoms with Crippen LogP contribution in [0.15, 0.2) is 30.3 Å². The van der Waals surface area contributed by atoms with E-state index in [4.69, 9.17) is 11.6 Å². The molecule has 2 aromatic rings. The SMILES string of the molecule is CN1C(=O)c2cc(C(=O)NCc3cccc(Cl)c3)nn2C[C@]1(C)C(=O)NC1CCCCC1. The Labute approximate surface area is 192 Å². The van der Waals surface area contributed by atoms with E-state index in [-0.39, 0.29) is 36.6 Å². The molecule has 0 radical (unpaired) electrons. The van der Waals surface area contributed by atoms with E-state index in [1.54, 1.807) is 26.1 Å². The summed E-state index contributed by atoms with van der Waals surface area (Å²) in [5.41, 5.74) is 0.212. The molecule has 1 aliphatic heterocycles. The number of aromatic nitrogens is 2. The highest BCUT2D eigenvalue weighted by Crippen LogP contribution is 2.27. The Morgan fingerprint density at radius 3 is 2.69 bits per heavy atom. The first kappa shape index (κ1) is 22.3. The van der Waals surface area contributed by atoms with Crippen LogP contribution in [-0.2, 0) is 17.9 Å². The van der Waals surface area contributed by atoms with Gasteiger partial charge < -0.3 is 15.5 Å². The molecular weight excluding hydrogens is 430 g/mol. The standard InChI is InChI=1S/C23H28ClN5O3/c1-23(22(32)26-17-9-4-3-5-10-17)14-29-19(21(31)28(23)2)12-18(27-29)20(30)25-13-15-7-6-8-16(24)11-15/h6-8,11-12,17H,3-5,9-10,13-14H2,1-2H3,(H,25,30)(H,26,32)/t23-/m1/s1. The van der Waals surface area contributed by atoms with Crippen LogP contribution in [0.5, 0.6) is 0 Å². The van der Waals surface area contributed by atoms with E-state index in [2.05, 4.69) is 15.7 Å². The molecule has 9 heteroatoms. The van der Waals surface area contributed by atoms with E-state index in [1.165, 1.54) is 22.1 Å². The van der Waals surface area contributed by atoms with Gasteiger partial charge >= 0.3 is 0 Å². The van der Waals surface area contributed by atoms with Crippen molar-refractivity contribution in [1.82, 2.24) is 25.3 Å². The summed E-state index contributed by atoms with van der Waals surface area (Å²) in [4.78, 5) is 40.3. The van der Waals surface area contributed by atoms with Crippen molar-refractivity contribution in [1.29, 1.82) is 0 Å². The molecule has 170 valence electrons. The Hall–Kier alpha value is -2.87. The number of rotatable bonds is 5. The van der Waals surface area contributed by atoms with E-state index in [0.29, 0.717) is 10.7 Å². The normalized spacial score (nSPS) is 21.2. The lowest BCUT2D eigenvalue weighted by Gasteiger charge is -2.41. The van der Waals surface area contributed by atoms with Gasteiger partial charge in [0.05, 0.1) is 6.54 Å². The third-order valence-electron chi connectivity index (χ3n) is 6.51. The second-order valence-electron chi connectivity index (χ2n) is 8.83. The molecule has 0 unspecified atom stereocenters. The minimum absolute atomic E-state index is 0.140. The van der Waals surface area contributed by atoms with Gasteiger partial charge in [-0.15, -0.1) is 0 Å². The zero-order valence-corrected chi connectivity index (χ0v) is 19.1. The Bertz CT molecular complexity index is 1050. The molecule has 1 aliphatic carbocycles. The smallest absolute Gasteiger partial charge is 0.272 e. The van der Waals surface area contributed by atoms with Crippen molar-refractivity contribution in [3.05, 3.63) is 52.3 Å². The highest BCUT2D eigenvalue weighted by Gasteiger charge is 2.46. The summed E-state index contributed by atoms with van der Waals surface area (Å²) in [6.07, 6.45) is 5.33. The number of likely N-dealkylation sites (N-methyl/N-ethyl adjacent to an activating group) is 1. The summed E-state index contributed by atoms with van der Waals surface area (Å²) in [6, 6.07) is 8.83. The molecule has 2 N–H and O–H groups in total. The second-order valence-corrected chi connectivity index (χ2v) is 9.27. The zero-order valence-electron chi connectivity index (χ0n) is 18.4. The van der Waals surface area contributed by atoms with Gasteiger partial charge in [-0.25, -0.2) is 0 Å². The van der Waals surface area contributed by atoms with Crippen molar-refractivity contribution in [3.8, 4) is 0 Å². The van der Waals surface area contributed by atoms with Crippen LogP contribution in [-0.4, -0.2) is 51.0 Å². The number of carbonyl (C=O) groups excluding carboxylic acids is 3. The molecule has 8 nitrogen and oxygen atoms in total. The third-order valence-corrected chi connectivity index (χ3v) is 6.74. The Morgan fingerprint density at radius 1 is 1.22 bits per heavy atom. The quantitative estimate of drug-likeness (QED) is 0.721. The molecule has 32 heavy (non-hydrogen) atoms. The molecule has 2 heterocycles. The summed E-state index contributed by atoms with van der Waals surface area (Å²) in [7, 11) is 1.62. The fraction of sp³-hybridized carbons (Fsp3) is 0.478. The number of nitrogens with one attached hydrogen (secondary N) is 2. The predicted molar refractivity (Wildman–Crippen MR) is 120 cm³/mol. The summed E-state index contributed by atoms with van der Waals surface area (Å²) < 4.78 is 1.47. The molecule has 2 aliphatic rings. The van der Waals surface area contributed by atoms with Gasteiger partial charge in [0.1, 0.15) is 11.2 Å². The first-order valence-electron chi connectivity index (χ1n) is 11.0. The zero-order chi connectivity index (χ0) is 22.9. The minimum Gasteiger partial charge on any atom is -0.351 e. The fourth-order valence-electron chi connectivity index (χ4n) is 4.35. The van der Waals surface area contributed by atoms with Crippen LogP contribution >= 0.6 is 11.6 Å². The molecular formula is C23H28ClN5O3. The van der Waals surface area contributed by atoms with Gasteiger partial charge in [0, 0.05) is 30.7 Å². The summed E-state index contributed by atoms with van der Waals surface area (Å²) in [6.45, 7) is 2.22. The number of fused-ring (bicyclic) bond motifs is 1. The summed E-state index contributed by atoms with van der Waals surface area (Å²) in [5, 5.41) is 10.8. The highest BCUT2D eigenvalue weighted by molar-refractivity contribution is 6.30. The van der Waals surface area contributed by atoms with Gasteiger partial charge in [0.2, 0.25) is 5.91 Å². The Balaban J connectivity index is 1.48. The van der Waals surface area contributed by atoms with E-state index >= 15 is 0 Å². The maximum absolute atomic E-state index is 13.1. The predicted octanol–water partition coefficient (Wildman–Crippen LogP) is 2.76. The van der Waals surface area contributed by atoms with Gasteiger partial charge in [-0.1, -0.05) is 43.0 Å². The average Bonchev–Trinajstić information content (AvgIpc) is 3.20. The van der Waals surface area contributed by atoms with Crippen LogP contribution in [0.4, 0.5) is 0 Å².